The van der Waals surface area contributed by atoms with Gasteiger partial charge < -0.3 is 9.80 Å². The topological polar surface area (TPSA) is 40.6 Å². The summed E-state index contributed by atoms with van der Waals surface area (Å²) in [4.78, 5) is 29.8. The summed E-state index contributed by atoms with van der Waals surface area (Å²) in [5.74, 6) is 0.323. The Balaban J connectivity index is 1.26. The molecule has 0 aromatic heterocycles. The molecule has 2 amide bonds. The van der Waals surface area contributed by atoms with Crippen LogP contribution in [0.2, 0.25) is 0 Å². The molecule has 0 aliphatic carbocycles. The summed E-state index contributed by atoms with van der Waals surface area (Å²) < 4.78 is 0. The average molecular weight is 425 g/mol. The highest BCUT2D eigenvalue weighted by Gasteiger charge is 2.47. The third-order valence-electron chi connectivity index (χ3n) is 7.08. The van der Waals surface area contributed by atoms with E-state index in [0.717, 1.165) is 36.0 Å². The highest BCUT2D eigenvalue weighted by atomic mass is 16.2. The van der Waals surface area contributed by atoms with E-state index in [1.165, 1.54) is 5.56 Å². The number of carbonyl (C=O) groups excluding carboxylic acids is 2. The first-order valence-electron chi connectivity index (χ1n) is 11.4. The zero-order valence-electron chi connectivity index (χ0n) is 18.2. The van der Waals surface area contributed by atoms with Gasteiger partial charge in [0.25, 0.3) is 5.91 Å². The van der Waals surface area contributed by atoms with Crippen LogP contribution in [0.1, 0.15) is 41.6 Å². The van der Waals surface area contributed by atoms with Gasteiger partial charge in [0.1, 0.15) is 0 Å². The van der Waals surface area contributed by atoms with E-state index < -0.39 is 0 Å². The Hall–Kier alpha value is -3.40. The molecular weight excluding hydrogens is 396 g/mol. The van der Waals surface area contributed by atoms with Crippen LogP contribution in [0, 0.1) is 0 Å². The summed E-state index contributed by atoms with van der Waals surface area (Å²) in [6.07, 6.45) is 3.20. The zero-order valence-corrected chi connectivity index (χ0v) is 18.2. The predicted octanol–water partition coefficient (Wildman–Crippen LogP) is 5.15. The van der Waals surface area contributed by atoms with Crippen LogP contribution in [0.25, 0.3) is 11.1 Å². The molecule has 0 saturated carbocycles. The first-order valence-corrected chi connectivity index (χ1v) is 11.4. The summed E-state index contributed by atoms with van der Waals surface area (Å²) in [5.41, 5.74) is 4.04. The van der Waals surface area contributed by atoms with Gasteiger partial charge in [-0.2, -0.15) is 0 Å². The molecule has 162 valence electrons. The van der Waals surface area contributed by atoms with Crippen molar-refractivity contribution >= 4 is 11.8 Å². The molecule has 4 nitrogen and oxygen atoms in total. The van der Waals surface area contributed by atoms with Crippen LogP contribution in [-0.4, -0.2) is 40.2 Å². The second-order valence-electron chi connectivity index (χ2n) is 8.93. The van der Waals surface area contributed by atoms with E-state index in [1.807, 2.05) is 65.6 Å². The Kier molecular flexibility index (Phi) is 5.52. The maximum absolute atomic E-state index is 13.1. The van der Waals surface area contributed by atoms with Gasteiger partial charge in [-0.1, -0.05) is 72.8 Å². The van der Waals surface area contributed by atoms with Crippen molar-refractivity contribution < 1.29 is 9.59 Å². The van der Waals surface area contributed by atoms with Gasteiger partial charge in [-0.25, -0.2) is 0 Å². The molecule has 0 unspecified atom stereocenters. The van der Waals surface area contributed by atoms with Crippen LogP contribution in [0.4, 0.5) is 0 Å². The van der Waals surface area contributed by atoms with Crippen molar-refractivity contribution in [2.75, 3.05) is 13.1 Å². The number of hydrogen-bond donors (Lipinski definition) is 0. The Bertz CT molecular complexity index is 1090. The summed E-state index contributed by atoms with van der Waals surface area (Å²) in [5, 5.41) is 0. The SMILES string of the molecule is O=C(c1ccc(-c2ccccc2)cc1)N1CCC2(CCC(=O)N2Cc2ccccc2)CC1. The summed E-state index contributed by atoms with van der Waals surface area (Å²) >= 11 is 0. The molecule has 0 bridgehead atoms. The Morgan fingerprint density at radius 1 is 0.750 bits per heavy atom. The van der Waals surface area contributed by atoms with Crippen molar-refractivity contribution in [1.29, 1.82) is 0 Å². The average Bonchev–Trinajstić information content (AvgIpc) is 3.15. The number of hydrogen-bond acceptors (Lipinski definition) is 2. The van der Waals surface area contributed by atoms with Gasteiger partial charge >= 0.3 is 0 Å². The lowest BCUT2D eigenvalue weighted by Crippen LogP contribution is -2.53. The fourth-order valence-electron chi connectivity index (χ4n) is 5.16. The van der Waals surface area contributed by atoms with E-state index in [0.29, 0.717) is 26.1 Å². The van der Waals surface area contributed by atoms with Gasteiger partial charge in [0.15, 0.2) is 0 Å². The fraction of sp³-hybridized carbons (Fsp3) is 0.286. The standard InChI is InChI=1S/C28H28N2O2/c31-26-15-16-28(30(26)21-22-7-3-1-4-8-22)17-19-29(20-18-28)27(32)25-13-11-24(12-14-25)23-9-5-2-6-10-23/h1-14H,15-21H2. The molecule has 0 atom stereocenters. The minimum atomic E-state index is -0.110. The van der Waals surface area contributed by atoms with E-state index in [1.54, 1.807) is 0 Å². The monoisotopic (exact) mass is 424 g/mol. The number of nitrogens with zero attached hydrogens (tertiary/aromatic N) is 2. The molecule has 2 heterocycles. The molecule has 32 heavy (non-hydrogen) atoms. The maximum Gasteiger partial charge on any atom is 0.253 e. The molecule has 2 aliphatic heterocycles. The molecule has 0 N–H and O–H groups in total. The van der Waals surface area contributed by atoms with Crippen LogP contribution in [0.5, 0.6) is 0 Å². The molecule has 4 heteroatoms. The number of piperidine rings is 1. The van der Waals surface area contributed by atoms with Gasteiger partial charge in [-0.05, 0) is 48.1 Å². The molecule has 2 saturated heterocycles. The van der Waals surface area contributed by atoms with Gasteiger partial charge in [-0.3, -0.25) is 9.59 Å². The van der Waals surface area contributed by atoms with Gasteiger partial charge in [0.2, 0.25) is 5.91 Å². The lowest BCUT2D eigenvalue weighted by atomic mass is 9.84. The van der Waals surface area contributed by atoms with Crippen molar-refractivity contribution in [2.24, 2.45) is 0 Å². The minimum absolute atomic E-state index is 0.0818. The maximum atomic E-state index is 13.1. The van der Waals surface area contributed by atoms with E-state index in [-0.39, 0.29) is 17.4 Å². The molecule has 0 radical (unpaired) electrons. The summed E-state index contributed by atoms with van der Waals surface area (Å²) in [6.45, 7) is 2.05. The Labute approximate surface area is 189 Å². The first-order chi connectivity index (χ1) is 15.6. The molecule has 5 rings (SSSR count). The van der Waals surface area contributed by atoms with Crippen molar-refractivity contribution in [3.05, 3.63) is 96.1 Å². The van der Waals surface area contributed by atoms with Crippen LogP contribution >= 0.6 is 0 Å². The van der Waals surface area contributed by atoms with Crippen molar-refractivity contribution in [3.8, 4) is 11.1 Å². The van der Waals surface area contributed by atoms with Crippen molar-refractivity contribution in [1.82, 2.24) is 9.80 Å². The minimum Gasteiger partial charge on any atom is -0.338 e. The van der Waals surface area contributed by atoms with E-state index in [9.17, 15) is 9.59 Å². The van der Waals surface area contributed by atoms with Crippen LogP contribution < -0.4 is 0 Å². The third-order valence-corrected chi connectivity index (χ3v) is 7.08. The zero-order chi connectivity index (χ0) is 22.0. The van der Waals surface area contributed by atoms with Crippen LogP contribution in [-0.2, 0) is 11.3 Å². The smallest absolute Gasteiger partial charge is 0.253 e. The molecular formula is C28H28N2O2. The highest BCUT2D eigenvalue weighted by molar-refractivity contribution is 5.95. The quantitative estimate of drug-likeness (QED) is 0.581. The second-order valence-corrected chi connectivity index (χ2v) is 8.93. The molecule has 1 spiro atoms. The number of carbonyl (C=O) groups is 2. The third kappa shape index (κ3) is 3.93. The Morgan fingerprint density at radius 2 is 1.34 bits per heavy atom. The molecule has 3 aromatic rings. The fourth-order valence-corrected chi connectivity index (χ4v) is 5.16. The lowest BCUT2D eigenvalue weighted by Gasteiger charge is -2.45. The van der Waals surface area contributed by atoms with Gasteiger partial charge in [0, 0.05) is 37.2 Å². The van der Waals surface area contributed by atoms with Crippen LogP contribution in [0.15, 0.2) is 84.9 Å². The predicted molar refractivity (Wildman–Crippen MR) is 126 cm³/mol. The van der Waals surface area contributed by atoms with E-state index in [2.05, 4.69) is 29.2 Å². The summed E-state index contributed by atoms with van der Waals surface area (Å²) in [6, 6.07) is 28.3. The number of likely N-dealkylation sites (tertiary alicyclic amines) is 2. The second kappa shape index (κ2) is 8.62. The number of benzene rings is 3. The van der Waals surface area contributed by atoms with Gasteiger partial charge in [-0.15, -0.1) is 0 Å². The molecule has 2 aliphatic rings. The Morgan fingerprint density at radius 3 is 2.00 bits per heavy atom. The number of rotatable bonds is 4. The van der Waals surface area contributed by atoms with Crippen LogP contribution in [0.3, 0.4) is 0 Å². The molecule has 3 aromatic carbocycles. The number of amides is 2. The van der Waals surface area contributed by atoms with Crippen molar-refractivity contribution in [2.45, 2.75) is 37.8 Å². The van der Waals surface area contributed by atoms with E-state index >= 15 is 0 Å². The summed E-state index contributed by atoms with van der Waals surface area (Å²) in [7, 11) is 0. The highest BCUT2D eigenvalue weighted by Crippen LogP contribution is 2.40. The lowest BCUT2D eigenvalue weighted by molar-refractivity contribution is -0.133. The normalized spacial score (nSPS) is 17.7. The van der Waals surface area contributed by atoms with Crippen molar-refractivity contribution in [3.63, 3.8) is 0 Å². The largest absolute Gasteiger partial charge is 0.338 e. The molecule has 2 fully saturated rings. The first kappa shape index (κ1) is 20.5. The van der Waals surface area contributed by atoms with Gasteiger partial charge in [0.05, 0.1) is 0 Å². The van der Waals surface area contributed by atoms with E-state index in [4.69, 9.17) is 0 Å².